The lowest BCUT2D eigenvalue weighted by Gasteiger charge is -2.31. The predicted octanol–water partition coefficient (Wildman–Crippen LogP) is 1.55. The Morgan fingerprint density at radius 1 is 1.44 bits per heavy atom. The summed E-state index contributed by atoms with van der Waals surface area (Å²) in [5.74, 6) is -0.329. The van der Waals surface area contributed by atoms with Crippen molar-refractivity contribution in [2.45, 2.75) is 12.8 Å². The highest BCUT2D eigenvalue weighted by atomic mass is 16.4. The van der Waals surface area contributed by atoms with Crippen molar-refractivity contribution in [2.24, 2.45) is 5.92 Å². The zero-order chi connectivity index (χ0) is 12.7. The van der Waals surface area contributed by atoms with Crippen molar-refractivity contribution in [1.29, 1.82) is 0 Å². The minimum atomic E-state index is -0.943. The maximum Gasteiger partial charge on any atom is 0.335 e. The fourth-order valence-electron chi connectivity index (χ4n) is 2.26. The number of aromatic carboxylic acids is 1. The standard InChI is InChI=1S/C13H14N2O3/c16-12-7-15(6-8-1-2-8)11-5-9(13(17)18)3-4-10(11)14-12/h3-5,8H,1-2,6-7H2,(H,14,16)(H,17,18). The van der Waals surface area contributed by atoms with Crippen LogP contribution in [0.2, 0.25) is 0 Å². The van der Waals surface area contributed by atoms with E-state index in [1.807, 2.05) is 4.90 Å². The molecule has 0 saturated heterocycles. The summed E-state index contributed by atoms with van der Waals surface area (Å²) in [4.78, 5) is 24.6. The van der Waals surface area contributed by atoms with Crippen LogP contribution in [0, 0.1) is 5.92 Å². The molecule has 5 nitrogen and oxygen atoms in total. The van der Waals surface area contributed by atoms with E-state index >= 15 is 0 Å². The van der Waals surface area contributed by atoms with E-state index < -0.39 is 5.97 Å². The Hall–Kier alpha value is -2.04. The molecule has 1 aliphatic heterocycles. The molecule has 0 bridgehead atoms. The maximum atomic E-state index is 11.6. The second kappa shape index (κ2) is 4.01. The Labute approximate surface area is 104 Å². The molecule has 2 N–H and O–H groups in total. The van der Waals surface area contributed by atoms with Crippen molar-refractivity contribution in [3.8, 4) is 0 Å². The van der Waals surface area contributed by atoms with E-state index in [-0.39, 0.29) is 11.5 Å². The van der Waals surface area contributed by atoms with Gasteiger partial charge < -0.3 is 15.3 Å². The molecule has 18 heavy (non-hydrogen) atoms. The summed E-state index contributed by atoms with van der Waals surface area (Å²) in [6.07, 6.45) is 2.40. The molecule has 1 amide bonds. The van der Waals surface area contributed by atoms with Crippen LogP contribution in [0.25, 0.3) is 0 Å². The van der Waals surface area contributed by atoms with E-state index in [9.17, 15) is 9.59 Å². The monoisotopic (exact) mass is 246 g/mol. The minimum absolute atomic E-state index is 0.0359. The molecule has 1 aliphatic carbocycles. The van der Waals surface area contributed by atoms with Crippen molar-refractivity contribution in [3.05, 3.63) is 23.8 Å². The highest BCUT2D eigenvalue weighted by Crippen LogP contribution is 2.36. The van der Waals surface area contributed by atoms with Crippen LogP contribution in [-0.2, 0) is 4.79 Å². The van der Waals surface area contributed by atoms with Crippen molar-refractivity contribution < 1.29 is 14.7 Å². The number of carboxylic acids is 1. The van der Waals surface area contributed by atoms with Crippen molar-refractivity contribution >= 4 is 23.3 Å². The van der Waals surface area contributed by atoms with Crippen molar-refractivity contribution in [3.63, 3.8) is 0 Å². The Balaban J connectivity index is 1.96. The van der Waals surface area contributed by atoms with Gasteiger partial charge in [0.1, 0.15) is 0 Å². The second-order valence-electron chi connectivity index (χ2n) is 4.91. The van der Waals surface area contributed by atoms with E-state index in [4.69, 9.17) is 5.11 Å². The summed E-state index contributed by atoms with van der Waals surface area (Å²) in [5, 5.41) is 11.8. The quantitative estimate of drug-likeness (QED) is 0.849. The van der Waals surface area contributed by atoms with Gasteiger partial charge in [-0.05, 0) is 37.0 Å². The van der Waals surface area contributed by atoms with Gasteiger partial charge in [0, 0.05) is 6.54 Å². The number of hydrogen-bond donors (Lipinski definition) is 2. The molecule has 1 fully saturated rings. The molecule has 0 radical (unpaired) electrons. The lowest BCUT2D eigenvalue weighted by atomic mass is 10.1. The molecule has 0 unspecified atom stereocenters. The van der Waals surface area contributed by atoms with Crippen molar-refractivity contribution in [1.82, 2.24) is 0 Å². The number of fused-ring (bicyclic) bond motifs is 1. The Bertz CT molecular complexity index is 523. The fraction of sp³-hybridized carbons (Fsp3) is 0.385. The fourth-order valence-corrected chi connectivity index (χ4v) is 2.26. The third-order valence-corrected chi connectivity index (χ3v) is 3.37. The first kappa shape index (κ1) is 11.1. The average molecular weight is 246 g/mol. The van der Waals surface area contributed by atoms with Crippen LogP contribution < -0.4 is 10.2 Å². The summed E-state index contributed by atoms with van der Waals surface area (Å²) in [5.41, 5.74) is 1.78. The Morgan fingerprint density at radius 3 is 2.89 bits per heavy atom. The summed E-state index contributed by atoms with van der Waals surface area (Å²) in [6.45, 7) is 1.15. The Morgan fingerprint density at radius 2 is 2.22 bits per heavy atom. The number of nitrogens with zero attached hydrogens (tertiary/aromatic N) is 1. The van der Waals surface area contributed by atoms with E-state index in [1.54, 1.807) is 12.1 Å². The molecule has 94 valence electrons. The summed E-state index contributed by atoms with van der Waals surface area (Å²) in [7, 11) is 0. The van der Waals surface area contributed by atoms with Crippen LogP contribution >= 0.6 is 0 Å². The van der Waals surface area contributed by atoms with Gasteiger partial charge in [-0.3, -0.25) is 4.79 Å². The number of anilines is 2. The first-order valence-corrected chi connectivity index (χ1v) is 6.05. The number of rotatable bonds is 3. The predicted molar refractivity (Wildman–Crippen MR) is 67.0 cm³/mol. The summed E-state index contributed by atoms with van der Waals surface area (Å²) >= 11 is 0. The van der Waals surface area contributed by atoms with Gasteiger partial charge in [0.05, 0.1) is 23.5 Å². The van der Waals surface area contributed by atoms with Crippen LogP contribution in [0.5, 0.6) is 0 Å². The zero-order valence-corrected chi connectivity index (χ0v) is 9.85. The molecule has 1 aromatic rings. The van der Waals surface area contributed by atoms with Crippen LogP contribution in [0.3, 0.4) is 0 Å². The third kappa shape index (κ3) is 2.03. The van der Waals surface area contributed by atoms with Gasteiger partial charge in [0.25, 0.3) is 0 Å². The van der Waals surface area contributed by atoms with Gasteiger partial charge in [0.2, 0.25) is 5.91 Å². The summed E-state index contributed by atoms with van der Waals surface area (Å²) in [6, 6.07) is 4.82. The topological polar surface area (TPSA) is 69.6 Å². The number of nitrogens with one attached hydrogen (secondary N) is 1. The maximum absolute atomic E-state index is 11.6. The number of carboxylic acid groups (broad SMARTS) is 1. The number of carbonyl (C=O) groups is 2. The zero-order valence-electron chi connectivity index (χ0n) is 9.85. The molecular weight excluding hydrogens is 232 g/mol. The normalized spacial score (nSPS) is 18.2. The van der Waals surface area contributed by atoms with Gasteiger partial charge in [-0.2, -0.15) is 0 Å². The third-order valence-electron chi connectivity index (χ3n) is 3.37. The van der Waals surface area contributed by atoms with E-state index in [0.29, 0.717) is 18.2 Å². The number of hydrogen-bond acceptors (Lipinski definition) is 3. The lowest BCUT2D eigenvalue weighted by molar-refractivity contribution is -0.115. The molecular formula is C13H14N2O3. The van der Waals surface area contributed by atoms with Gasteiger partial charge in [-0.1, -0.05) is 0 Å². The van der Waals surface area contributed by atoms with Crippen LogP contribution in [0.15, 0.2) is 18.2 Å². The molecule has 1 aromatic carbocycles. The lowest BCUT2D eigenvalue weighted by Crippen LogP contribution is -2.39. The highest BCUT2D eigenvalue weighted by molar-refractivity contribution is 6.02. The van der Waals surface area contributed by atoms with E-state index in [2.05, 4.69) is 5.32 Å². The average Bonchev–Trinajstić information content (AvgIpc) is 3.12. The number of carbonyl (C=O) groups excluding carboxylic acids is 1. The van der Waals surface area contributed by atoms with Gasteiger partial charge in [-0.15, -0.1) is 0 Å². The smallest absolute Gasteiger partial charge is 0.335 e. The second-order valence-corrected chi connectivity index (χ2v) is 4.91. The largest absolute Gasteiger partial charge is 0.478 e. The first-order chi connectivity index (χ1) is 8.63. The molecule has 2 aliphatic rings. The Kier molecular flexibility index (Phi) is 2.47. The van der Waals surface area contributed by atoms with Gasteiger partial charge >= 0.3 is 5.97 Å². The molecule has 0 aromatic heterocycles. The molecule has 0 spiro atoms. The SMILES string of the molecule is O=C1CN(CC2CC2)c2cc(C(=O)O)ccc2N1. The van der Waals surface area contributed by atoms with Crippen molar-refractivity contribution in [2.75, 3.05) is 23.3 Å². The molecule has 1 heterocycles. The van der Waals surface area contributed by atoms with Crippen LogP contribution in [-0.4, -0.2) is 30.1 Å². The van der Waals surface area contributed by atoms with Crippen LogP contribution in [0.1, 0.15) is 23.2 Å². The molecule has 0 atom stereocenters. The van der Waals surface area contributed by atoms with Crippen LogP contribution in [0.4, 0.5) is 11.4 Å². The number of amides is 1. The number of benzene rings is 1. The summed E-state index contributed by atoms with van der Waals surface area (Å²) < 4.78 is 0. The van der Waals surface area contributed by atoms with E-state index in [0.717, 1.165) is 12.2 Å². The van der Waals surface area contributed by atoms with E-state index in [1.165, 1.54) is 18.9 Å². The highest BCUT2D eigenvalue weighted by Gasteiger charge is 2.29. The molecule has 5 heteroatoms. The first-order valence-electron chi connectivity index (χ1n) is 6.05. The van der Waals surface area contributed by atoms with Gasteiger partial charge in [0.15, 0.2) is 0 Å². The molecule has 1 saturated carbocycles. The van der Waals surface area contributed by atoms with Gasteiger partial charge in [-0.25, -0.2) is 4.79 Å². The minimum Gasteiger partial charge on any atom is -0.478 e. The molecule has 3 rings (SSSR count).